The maximum atomic E-state index is 12.9. The van der Waals surface area contributed by atoms with Crippen LogP contribution in [-0.2, 0) is 0 Å². The summed E-state index contributed by atoms with van der Waals surface area (Å²) in [5.41, 5.74) is 1.92. The summed E-state index contributed by atoms with van der Waals surface area (Å²) >= 11 is 0. The van der Waals surface area contributed by atoms with Crippen molar-refractivity contribution in [3.8, 4) is 11.5 Å². The number of hydrogen-bond donors (Lipinski definition) is 1. The summed E-state index contributed by atoms with van der Waals surface area (Å²) in [7, 11) is 3.18. The van der Waals surface area contributed by atoms with Gasteiger partial charge in [-0.25, -0.2) is 9.97 Å². The van der Waals surface area contributed by atoms with Gasteiger partial charge in [-0.3, -0.25) is 4.79 Å². The topological polar surface area (TPSA) is 76.6 Å². The summed E-state index contributed by atoms with van der Waals surface area (Å²) in [6.45, 7) is 3.45. The van der Waals surface area contributed by atoms with Crippen molar-refractivity contribution in [1.29, 1.82) is 0 Å². The highest BCUT2D eigenvalue weighted by atomic mass is 16.5. The highest BCUT2D eigenvalue weighted by Gasteiger charge is 2.20. The van der Waals surface area contributed by atoms with Crippen LogP contribution >= 0.6 is 0 Å². The fourth-order valence-electron chi connectivity index (χ4n) is 3.21. The molecular formula is C20H26N4O3. The van der Waals surface area contributed by atoms with Gasteiger partial charge in [-0.15, -0.1) is 0 Å². The molecule has 0 atom stereocenters. The number of aryl methyl sites for hydroxylation is 1. The Balaban J connectivity index is 1.82. The molecule has 2 heterocycles. The van der Waals surface area contributed by atoms with Crippen molar-refractivity contribution in [1.82, 2.24) is 14.9 Å². The second-order valence-corrected chi connectivity index (χ2v) is 6.62. The first-order valence-electron chi connectivity index (χ1n) is 9.24. The van der Waals surface area contributed by atoms with Gasteiger partial charge >= 0.3 is 0 Å². The Morgan fingerprint density at radius 2 is 1.70 bits per heavy atom. The normalized spacial score (nSPS) is 14.4. The fourth-order valence-corrected chi connectivity index (χ4v) is 3.21. The van der Waals surface area contributed by atoms with E-state index in [1.165, 1.54) is 12.8 Å². The van der Waals surface area contributed by atoms with Crippen molar-refractivity contribution in [2.75, 3.05) is 32.6 Å². The number of nitrogens with one attached hydrogen (secondary N) is 1. The maximum absolute atomic E-state index is 12.9. The van der Waals surface area contributed by atoms with E-state index in [9.17, 15) is 4.79 Å². The monoisotopic (exact) mass is 370 g/mol. The Labute approximate surface area is 159 Å². The Bertz CT molecular complexity index is 802. The first-order valence-corrected chi connectivity index (χ1v) is 9.24. The average molecular weight is 370 g/mol. The van der Waals surface area contributed by atoms with Gasteiger partial charge in [0.05, 0.1) is 14.2 Å². The van der Waals surface area contributed by atoms with Crippen LogP contribution in [0.4, 0.5) is 11.6 Å². The van der Waals surface area contributed by atoms with Crippen molar-refractivity contribution in [2.24, 2.45) is 0 Å². The average Bonchev–Trinajstić information content (AvgIpc) is 2.96. The van der Waals surface area contributed by atoms with Crippen LogP contribution < -0.4 is 14.8 Å². The zero-order valence-corrected chi connectivity index (χ0v) is 16.1. The van der Waals surface area contributed by atoms with Crippen molar-refractivity contribution < 1.29 is 14.3 Å². The van der Waals surface area contributed by atoms with Gasteiger partial charge in [0.25, 0.3) is 5.91 Å². The minimum atomic E-state index is -0.0299. The maximum Gasteiger partial charge on any atom is 0.272 e. The molecule has 7 nitrogen and oxygen atoms in total. The Kier molecular flexibility index (Phi) is 6.11. The quantitative estimate of drug-likeness (QED) is 0.867. The first kappa shape index (κ1) is 18.9. The van der Waals surface area contributed by atoms with Crippen LogP contribution in [0.15, 0.2) is 24.3 Å². The third kappa shape index (κ3) is 4.67. The predicted molar refractivity (Wildman–Crippen MR) is 104 cm³/mol. The molecule has 0 bridgehead atoms. The standard InChI is InChI=1S/C20H26N4O3/c1-14-12-16(19(25)24-10-6-4-5-7-11-24)23-20(21-14)22-15-8-9-17(26-2)18(13-15)27-3/h8-9,12-13H,4-7,10-11H2,1-3H3,(H,21,22,23). The SMILES string of the molecule is COc1ccc(Nc2nc(C)cc(C(=O)N3CCCCCC3)n2)cc1OC. The summed E-state index contributed by atoms with van der Waals surface area (Å²) < 4.78 is 10.6. The number of amides is 1. The van der Waals surface area contributed by atoms with E-state index in [1.54, 1.807) is 32.4 Å². The Morgan fingerprint density at radius 3 is 2.37 bits per heavy atom. The summed E-state index contributed by atoms with van der Waals surface area (Å²) in [5.74, 6) is 1.61. The van der Waals surface area contributed by atoms with Gasteiger partial charge < -0.3 is 19.7 Å². The zero-order valence-electron chi connectivity index (χ0n) is 16.1. The van der Waals surface area contributed by atoms with Crippen LogP contribution in [0.5, 0.6) is 11.5 Å². The van der Waals surface area contributed by atoms with Gasteiger partial charge in [-0.05, 0) is 38.0 Å². The number of likely N-dealkylation sites (tertiary alicyclic amines) is 1. The summed E-state index contributed by atoms with van der Waals surface area (Å²) in [4.78, 5) is 23.6. The molecule has 0 radical (unpaired) electrons. The van der Waals surface area contributed by atoms with Gasteiger partial charge in [0, 0.05) is 30.5 Å². The number of aromatic nitrogens is 2. The molecule has 0 unspecified atom stereocenters. The van der Waals surface area contributed by atoms with E-state index in [4.69, 9.17) is 9.47 Å². The molecule has 1 saturated heterocycles. The zero-order chi connectivity index (χ0) is 19.2. The lowest BCUT2D eigenvalue weighted by Crippen LogP contribution is -2.32. The van der Waals surface area contributed by atoms with E-state index < -0.39 is 0 Å². The number of ether oxygens (including phenoxy) is 2. The molecule has 1 amide bonds. The van der Waals surface area contributed by atoms with Crippen LogP contribution in [0.3, 0.4) is 0 Å². The van der Waals surface area contributed by atoms with E-state index in [0.717, 1.165) is 37.3 Å². The van der Waals surface area contributed by atoms with Crippen molar-refractivity contribution in [3.63, 3.8) is 0 Å². The molecule has 3 rings (SSSR count). The second kappa shape index (κ2) is 8.70. The van der Waals surface area contributed by atoms with E-state index in [0.29, 0.717) is 23.1 Å². The lowest BCUT2D eigenvalue weighted by atomic mass is 10.2. The van der Waals surface area contributed by atoms with Crippen molar-refractivity contribution >= 4 is 17.5 Å². The van der Waals surface area contributed by atoms with E-state index in [-0.39, 0.29) is 5.91 Å². The molecule has 1 fully saturated rings. The molecule has 0 spiro atoms. The number of anilines is 2. The molecule has 1 aromatic carbocycles. The number of rotatable bonds is 5. The van der Waals surface area contributed by atoms with E-state index in [1.807, 2.05) is 17.9 Å². The number of carbonyl (C=O) groups excluding carboxylic acids is 1. The summed E-state index contributed by atoms with van der Waals surface area (Å²) in [6.07, 6.45) is 4.45. The third-order valence-corrected chi connectivity index (χ3v) is 4.61. The Hall–Kier alpha value is -2.83. The molecule has 27 heavy (non-hydrogen) atoms. The van der Waals surface area contributed by atoms with Crippen LogP contribution in [-0.4, -0.2) is 48.1 Å². The summed E-state index contributed by atoms with van der Waals surface area (Å²) in [6, 6.07) is 7.21. The predicted octanol–water partition coefficient (Wildman–Crippen LogP) is 3.56. The molecule has 0 aliphatic carbocycles. The minimum Gasteiger partial charge on any atom is -0.493 e. The largest absolute Gasteiger partial charge is 0.493 e. The molecule has 0 saturated carbocycles. The lowest BCUT2D eigenvalue weighted by molar-refractivity contribution is 0.0755. The highest BCUT2D eigenvalue weighted by molar-refractivity contribution is 5.92. The smallest absolute Gasteiger partial charge is 0.272 e. The molecule has 2 aromatic rings. The molecular weight excluding hydrogens is 344 g/mol. The van der Waals surface area contributed by atoms with Gasteiger partial charge in [-0.2, -0.15) is 0 Å². The third-order valence-electron chi connectivity index (χ3n) is 4.61. The number of nitrogens with zero attached hydrogens (tertiary/aromatic N) is 3. The van der Waals surface area contributed by atoms with Crippen molar-refractivity contribution in [2.45, 2.75) is 32.6 Å². The fraction of sp³-hybridized carbons (Fsp3) is 0.450. The molecule has 144 valence electrons. The Morgan fingerprint density at radius 1 is 1.00 bits per heavy atom. The number of benzene rings is 1. The van der Waals surface area contributed by atoms with Gasteiger partial charge in [0.15, 0.2) is 11.5 Å². The summed E-state index contributed by atoms with van der Waals surface area (Å²) in [5, 5.41) is 3.15. The van der Waals surface area contributed by atoms with Crippen LogP contribution in [0.25, 0.3) is 0 Å². The number of hydrogen-bond acceptors (Lipinski definition) is 6. The second-order valence-electron chi connectivity index (χ2n) is 6.62. The van der Waals surface area contributed by atoms with Crippen molar-refractivity contribution in [3.05, 3.63) is 35.7 Å². The molecule has 1 aliphatic heterocycles. The first-order chi connectivity index (χ1) is 13.1. The van der Waals surface area contributed by atoms with Crippen LogP contribution in [0.1, 0.15) is 41.9 Å². The molecule has 1 aliphatic rings. The highest BCUT2D eigenvalue weighted by Crippen LogP contribution is 2.30. The minimum absolute atomic E-state index is 0.0299. The van der Waals surface area contributed by atoms with E-state index >= 15 is 0 Å². The number of methoxy groups -OCH3 is 2. The van der Waals surface area contributed by atoms with E-state index in [2.05, 4.69) is 15.3 Å². The van der Waals surface area contributed by atoms with Gasteiger partial charge in [-0.1, -0.05) is 12.8 Å². The van der Waals surface area contributed by atoms with Gasteiger partial charge in [0.2, 0.25) is 5.95 Å². The van der Waals surface area contributed by atoms with Gasteiger partial charge in [0.1, 0.15) is 5.69 Å². The van der Waals surface area contributed by atoms with Crippen LogP contribution in [0, 0.1) is 6.92 Å². The number of carbonyl (C=O) groups is 1. The lowest BCUT2D eigenvalue weighted by Gasteiger charge is -2.20. The molecule has 7 heteroatoms. The molecule has 1 aromatic heterocycles. The molecule has 1 N–H and O–H groups in total. The van der Waals surface area contributed by atoms with Crippen LogP contribution in [0.2, 0.25) is 0 Å².